The number of rotatable bonds is 3. The van der Waals surface area contributed by atoms with Gasteiger partial charge in [-0.1, -0.05) is 0 Å². The number of H-pyrrole nitrogens is 2. The third kappa shape index (κ3) is 4.76. The third-order valence-electron chi connectivity index (χ3n) is 4.37. The lowest BCUT2D eigenvalue weighted by Gasteiger charge is -2.26. The van der Waals surface area contributed by atoms with E-state index < -0.39 is 11.7 Å². The molecule has 0 bridgehead atoms. The molecule has 27 heavy (non-hydrogen) atoms. The largest absolute Gasteiger partial charge is 0.419 e. The SMILES string of the molecule is CNC(=S)Nc1ccc(N2CCN(c3ccc(C(F)(F)F)c[nH+]3)CC2)[nH+]c1. The van der Waals surface area contributed by atoms with Gasteiger partial charge in [0.2, 0.25) is 0 Å². The third-order valence-corrected chi connectivity index (χ3v) is 4.67. The predicted molar refractivity (Wildman–Crippen MR) is 101 cm³/mol. The maximum atomic E-state index is 12.7. The van der Waals surface area contributed by atoms with Crippen molar-refractivity contribution in [1.82, 2.24) is 5.32 Å². The molecule has 1 saturated heterocycles. The molecule has 3 rings (SSSR count). The lowest BCUT2D eigenvalue weighted by atomic mass is 10.2. The van der Waals surface area contributed by atoms with Gasteiger partial charge >= 0.3 is 6.18 Å². The number of nitrogens with zero attached hydrogens (tertiary/aromatic N) is 2. The number of nitrogens with one attached hydrogen (secondary N) is 4. The highest BCUT2D eigenvalue weighted by Gasteiger charge is 2.33. The first-order chi connectivity index (χ1) is 12.9. The van der Waals surface area contributed by atoms with Gasteiger partial charge in [-0.05, 0) is 24.4 Å². The van der Waals surface area contributed by atoms with Gasteiger partial charge in [0.05, 0.1) is 11.3 Å². The van der Waals surface area contributed by atoms with Crippen molar-refractivity contribution >= 4 is 34.7 Å². The summed E-state index contributed by atoms with van der Waals surface area (Å²) in [5, 5.41) is 6.43. The first-order valence-corrected chi connectivity index (χ1v) is 8.87. The standard InChI is InChI=1S/C17H19F3N6S/c1-21-16(27)24-13-3-5-15(23-11-13)26-8-6-25(7-9-26)14-4-2-12(10-22-14)17(18,19)20/h2-5,10-11H,6-9H2,1H3,(H2,21,24,27)/p+2. The molecule has 0 aromatic carbocycles. The van der Waals surface area contributed by atoms with E-state index in [-0.39, 0.29) is 0 Å². The van der Waals surface area contributed by atoms with E-state index in [0.29, 0.717) is 24.0 Å². The summed E-state index contributed by atoms with van der Waals surface area (Å²) in [4.78, 5) is 10.2. The Kier molecular flexibility index (Phi) is 5.64. The quantitative estimate of drug-likeness (QED) is 0.769. The van der Waals surface area contributed by atoms with Gasteiger partial charge in [0.25, 0.3) is 11.6 Å². The van der Waals surface area contributed by atoms with Gasteiger partial charge in [-0.3, -0.25) is 9.80 Å². The number of alkyl halides is 3. The van der Waals surface area contributed by atoms with E-state index in [1.54, 1.807) is 7.05 Å². The van der Waals surface area contributed by atoms with Crippen LogP contribution in [0.25, 0.3) is 0 Å². The fourth-order valence-corrected chi connectivity index (χ4v) is 2.98. The van der Waals surface area contributed by atoms with E-state index in [1.807, 2.05) is 23.2 Å². The Morgan fingerprint density at radius 1 is 0.963 bits per heavy atom. The molecule has 0 unspecified atom stereocenters. The highest BCUT2D eigenvalue weighted by molar-refractivity contribution is 7.80. The van der Waals surface area contributed by atoms with Crippen molar-refractivity contribution in [3.05, 3.63) is 42.2 Å². The lowest BCUT2D eigenvalue weighted by molar-refractivity contribution is -0.368. The van der Waals surface area contributed by atoms with Crippen molar-refractivity contribution in [2.24, 2.45) is 0 Å². The van der Waals surface area contributed by atoms with Crippen molar-refractivity contribution in [3.8, 4) is 0 Å². The number of halogens is 3. The van der Waals surface area contributed by atoms with E-state index in [0.717, 1.165) is 36.9 Å². The molecule has 6 nitrogen and oxygen atoms in total. The number of hydrogen-bond acceptors (Lipinski definition) is 3. The van der Waals surface area contributed by atoms with E-state index >= 15 is 0 Å². The zero-order valence-electron chi connectivity index (χ0n) is 14.7. The topological polar surface area (TPSA) is 58.8 Å². The molecule has 1 aliphatic heterocycles. The number of anilines is 3. The minimum absolute atomic E-state index is 0.539. The molecule has 0 atom stereocenters. The molecule has 1 aliphatic rings. The molecule has 0 spiro atoms. The summed E-state index contributed by atoms with van der Waals surface area (Å²) in [6.07, 6.45) is -1.48. The van der Waals surface area contributed by atoms with Crippen LogP contribution in [0.5, 0.6) is 0 Å². The van der Waals surface area contributed by atoms with Gasteiger partial charge in [-0.15, -0.1) is 0 Å². The molecule has 1 fully saturated rings. The molecular weight excluding hydrogens is 377 g/mol. The van der Waals surface area contributed by atoms with Crippen LogP contribution in [0.15, 0.2) is 36.7 Å². The van der Waals surface area contributed by atoms with Crippen LogP contribution in [0.1, 0.15) is 5.56 Å². The number of thiocarbonyl (C=S) groups is 1. The molecule has 144 valence electrons. The van der Waals surface area contributed by atoms with Crippen molar-refractivity contribution in [2.75, 3.05) is 48.3 Å². The highest BCUT2D eigenvalue weighted by Crippen LogP contribution is 2.28. The molecule has 4 N–H and O–H groups in total. The zero-order valence-corrected chi connectivity index (χ0v) is 15.5. The minimum Gasteiger partial charge on any atom is -0.366 e. The molecular formula is C17H21F3N6S+2. The number of aromatic nitrogens is 2. The maximum Gasteiger partial charge on any atom is 0.419 e. The molecule has 10 heteroatoms. The molecule has 3 heterocycles. The molecule has 0 saturated carbocycles. The molecule has 0 aliphatic carbocycles. The summed E-state index contributed by atoms with van der Waals surface area (Å²) >= 11 is 5.07. The van der Waals surface area contributed by atoms with Crippen LogP contribution in [-0.2, 0) is 6.18 Å². The number of hydrogen-bond donors (Lipinski definition) is 2. The van der Waals surface area contributed by atoms with Crippen LogP contribution in [-0.4, -0.2) is 38.3 Å². The van der Waals surface area contributed by atoms with E-state index in [1.165, 1.54) is 6.07 Å². The van der Waals surface area contributed by atoms with E-state index in [9.17, 15) is 13.2 Å². The summed E-state index contributed by atoms with van der Waals surface area (Å²) in [6, 6.07) is 6.50. The van der Waals surface area contributed by atoms with Crippen molar-refractivity contribution in [3.63, 3.8) is 0 Å². The smallest absolute Gasteiger partial charge is 0.366 e. The summed E-state index contributed by atoms with van der Waals surface area (Å²) in [5.41, 5.74) is 0.182. The van der Waals surface area contributed by atoms with E-state index in [2.05, 4.69) is 25.5 Å². The fourth-order valence-electron chi connectivity index (χ4n) is 2.86. The maximum absolute atomic E-state index is 12.7. The molecule has 2 aromatic rings. The Bertz CT molecular complexity index is 771. The highest BCUT2D eigenvalue weighted by atomic mass is 32.1. The van der Waals surface area contributed by atoms with Gasteiger partial charge in [0.15, 0.2) is 5.11 Å². The summed E-state index contributed by atoms with van der Waals surface area (Å²) in [7, 11) is 1.75. The number of piperazine rings is 1. The van der Waals surface area contributed by atoms with Crippen LogP contribution < -0.4 is 30.4 Å². The van der Waals surface area contributed by atoms with E-state index in [4.69, 9.17) is 12.2 Å². The van der Waals surface area contributed by atoms with Crippen molar-refractivity contribution in [1.29, 1.82) is 0 Å². The van der Waals surface area contributed by atoms with Gasteiger partial charge in [0, 0.05) is 19.2 Å². The van der Waals surface area contributed by atoms with Crippen LogP contribution in [0, 0.1) is 0 Å². The van der Waals surface area contributed by atoms with Gasteiger partial charge in [0.1, 0.15) is 38.6 Å². The number of pyridine rings is 2. The molecule has 2 aromatic heterocycles. The van der Waals surface area contributed by atoms with Gasteiger partial charge in [-0.25, -0.2) is 9.97 Å². The van der Waals surface area contributed by atoms with Crippen LogP contribution in [0.3, 0.4) is 0 Å². The molecule has 0 amide bonds. The minimum atomic E-state index is -4.33. The van der Waals surface area contributed by atoms with Crippen LogP contribution >= 0.6 is 12.2 Å². The summed E-state index contributed by atoms with van der Waals surface area (Å²) in [6.45, 7) is 2.93. The first kappa shape index (κ1) is 19.2. The number of aromatic amines is 2. The second-order valence-corrected chi connectivity index (χ2v) is 6.51. The molecule has 0 radical (unpaired) electrons. The Balaban J connectivity index is 1.58. The zero-order chi connectivity index (χ0) is 19.4. The van der Waals surface area contributed by atoms with Gasteiger partial charge < -0.3 is 10.6 Å². The second kappa shape index (κ2) is 7.95. The second-order valence-electron chi connectivity index (χ2n) is 6.10. The monoisotopic (exact) mass is 398 g/mol. The van der Waals surface area contributed by atoms with Gasteiger partial charge in [-0.2, -0.15) is 13.2 Å². The first-order valence-electron chi connectivity index (χ1n) is 8.46. The van der Waals surface area contributed by atoms with Crippen LogP contribution in [0.4, 0.5) is 30.5 Å². The Labute approximate surface area is 160 Å². The normalized spacial score (nSPS) is 14.8. The average Bonchev–Trinajstić information content (AvgIpc) is 2.68. The Morgan fingerprint density at radius 3 is 1.93 bits per heavy atom. The summed E-state index contributed by atoms with van der Waals surface area (Å²) in [5.74, 6) is 1.67. The van der Waals surface area contributed by atoms with Crippen molar-refractivity contribution in [2.45, 2.75) is 6.18 Å². The van der Waals surface area contributed by atoms with Crippen molar-refractivity contribution < 1.29 is 23.1 Å². The Morgan fingerprint density at radius 2 is 1.52 bits per heavy atom. The summed E-state index contributed by atoms with van der Waals surface area (Å²) < 4.78 is 38.0. The van der Waals surface area contributed by atoms with Crippen LogP contribution in [0.2, 0.25) is 0 Å². The predicted octanol–water partition coefficient (Wildman–Crippen LogP) is 1.58. The lowest BCUT2D eigenvalue weighted by Crippen LogP contribution is -2.49. The Hall–Kier alpha value is -2.62. The fraction of sp³-hybridized carbons (Fsp3) is 0.353. The average molecular weight is 398 g/mol.